The third-order valence-electron chi connectivity index (χ3n) is 4.75. The highest BCUT2D eigenvalue weighted by atomic mass is 16.5. The van der Waals surface area contributed by atoms with Crippen LogP contribution in [-0.2, 0) is 9.53 Å². The van der Waals surface area contributed by atoms with Gasteiger partial charge in [0.05, 0.1) is 19.8 Å². The summed E-state index contributed by atoms with van der Waals surface area (Å²) in [5.74, 6) is 1.34. The fraction of sp³-hybridized carbons (Fsp3) is 0.125. The number of para-hydroxylation sites is 1. The van der Waals surface area contributed by atoms with Gasteiger partial charge in [-0.25, -0.2) is 4.79 Å². The molecule has 3 aromatic carbocycles. The molecule has 0 N–H and O–H groups in total. The van der Waals surface area contributed by atoms with Crippen molar-refractivity contribution in [3.63, 3.8) is 0 Å². The summed E-state index contributed by atoms with van der Waals surface area (Å²) in [4.78, 5) is 12.4. The minimum Gasteiger partial charge on any atom is -0.493 e. The predicted molar refractivity (Wildman–Crippen MR) is 110 cm³/mol. The van der Waals surface area contributed by atoms with Gasteiger partial charge in [-0.15, -0.1) is 0 Å². The Balaban J connectivity index is 1.73. The van der Waals surface area contributed by atoms with Crippen LogP contribution >= 0.6 is 0 Å². The van der Waals surface area contributed by atoms with Crippen molar-refractivity contribution in [2.24, 2.45) is 0 Å². The van der Waals surface area contributed by atoms with Gasteiger partial charge >= 0.3 is 5.97 Å². The minimum absolute atomic E-state index is 0.385. The van der Waals surface area contributed by atoms with Crippen molar-refractivity contribution < 1.29 is 19.0 Å². The van der Waals surface area contributed by atoms with Gasteiger partial charge in [0.2, 0.25) is 0 Å². The molecule has 0 bridgehead atoms. The van der Waals surface area contributed by atoms with E-state index in [-0.39, 0.29) is 5.97 Å². The fourth-order valence-corrected chi connectivity index (χ4v) is 3.34. The number of fused-ring (bicyclic) bond motifs is 1. The van der Waals surface area contributed by atoms with E-state index in [4.69, 9.17) is 14.2 Å². The fourth-order valence-electron chi connectivity index (χ4n) is 3.34. The maximum Gasteiger partial charge on any atom is 0.343 e. The maximum atomic E-state index is 12.4. The van der Waals surface area contributed by atoms with E-state index in [0.717, 1.165) is 21.9 Å². The van der Waals surface area contributed by atoms with E-state index in [1.54, 1.807) is 26.4 Å². The Kier molecular flexibility index (Phi) is 4.62. The average Bonchev–Trinajstić information content (AvgIpc) is 3.07. The first-order valence-electron chi connectivity index (χ1n) is 8.96. The third kappa shape index (κ3) is 3.25. The molecule has 0 spiro atoms. The molecule has 1 heterocycles. The van der Waals surface area contributed by atoms with Crippen LogP contribution in [-0.4, -0.2) is 20.2 Å². The van der Waals surface area contributed by atoms with Gasteiger partial charge in [0, 0.05) is 11.1 Å². The zero-order chi connectivity index (χ0) is 19.7. The highest BCUT2D eigenvalue weighted by Gasteiger charge is 2.23. The van der Waals surface area contributed by atoms with Crippen LogP contribution < -0.4 is 9.47 Å². The largest absolute Gasteiger partial charge is 0.493 e. The Morgan fingerprint density at radius 3 is 2.50 bits per heavy atom. The molecule has 0 saturated heterocycles. The van der Waals surface area contributed by atoms with Gasteiger partial charge in [-0.2, -0.15) is 0 Å². The number of rotatable bonds is 4. The monoisotopic (exact) mass is 372 g/mol. The second-order valence-corrected chi connectivity index (χ2v) is 6.65. The van der Waals surface area contributed by atoms with E-state index in [9.17, 15) is 4.79 Å². The van der Waals surface area contributed by atoms with Crippen LogP contribution in [0.3, 0.4) is 0 Å². The molecule has 1 aliphatic rings. The number of benzene rings is 3. The Labute approximate surface area is 163 Å². The van der Waals surface area contributed by atoms with Crippen LogP contribution in [0.15, 0.2) is 66.2 Å². The minimum atomic E-state index is -0.385. The lowest BCUT2D eigenvalue weighted by molar-refractivity contribution is -0.130. The van der Waals surface area contributed by atoms with Crippen molar-refractivity contribution in [1.29, 1.82) is 0 Å². The van der Waals surface area contributed by atoms with Crippen molar-refractivity contribution in [1.82, 2.24) is 0 Å². The molecule has 0 saturated carbocycles. The summed E-state index contributed by atoms with van der Waals surface area (Å²) in [6, 6.07) is 17.8. The van der Waals surface area contributed by atoms with Gasteiger partial charge in [0.1, 0.15) is 5.76 Å². The normalized spacial score (nSPS) is 14.9. The summed E-state index contributed by atoms with van der Waals surface area (Å²) in [7, 11) is 3.16. The molecule has 4 heteroatoms. The van der Waals surface area contributed by atoms with Crippen molar-refractivity contribution in [3.05, 3.63) is 82.9 Å². The number of esters is 1. The molecule has 4 rings (SSSR count). The van der Waals surface area contributed by atoms with Gasteiger partial charge in [0.25, 0.3) is 0 Å². The highest BCUT2D eigenvalue weighted by Crippen LogP contribution is 2.35. The van der Waals surface area contributed by atoms with Crippen molar-refractivity contribution >= 4 is 28.6 Å². The lowest BCUT2D eigenvalue weighted by Gasteiger charge is -2.10. The molecule has 0 unspecified atom stereocenters. The van der Waals surface area contributed by atoms with Crippen molar-refractivity contribution in [3.8, 4) is 11.5 Å². The number of hydrogen-bond acceptors (Lipinski definition) is 4. The molecule has 0 amide bonds. The zero-order valence-corrected chi connectivity index (χ0v) is 16.0. The van der Waals surface area contributed by atoms with E-state index in [1.807, 2.05) is 36.4 Å². The number of ether oxygens (including phenoxy) is 3. The van der Waals surface area contributed by atoms with Crippen LogP contribution in [0.4, 0.5) is 0 Å². The first-order chi connectivity index (χ1) is 13.6. The summed E-state index contributed by atoms with van der Waals surface area (Å²) in [6.45, 7) is 2.07. The number of aryl methyl sites for hydroxylation is 1. The van der Waals surface area contributed by atoms with E-state index in [1.165, 1.54) is 5.56 Å². The lowest BCUT2D eigenvalue weighted by Crippen LogP contribution is -1.98. The Morgan fingerprint density at radius 1 is 0.929 bits per heavy atom. The Hall–Kier alpha value is -3.53. The van der Waals surface area contributed by atoms with Crippen LogP contribution in [0.1, 0.15) is 16.7 Å². The van der Waals surface area contributed by atoms with E-state index < -0.39 is 0 Å². The van der Waals surface area contributed by atoms with Crippen LogP contribution in [0.2, 0.25) is 0 Å². The molecule has 0 atom stereocenters. The quantitative estimate of drug-likeness (QED) is 0.469. The van der Waals surface area contributed by atoms with Gasteiger partial charge in [-0.05, 0) is 42.0 Å². The van der Waals surface area contributed by atoms with Gasteiger partial charge < -0.3 is 14.2 Å². The number of cyclic esters (lactones) is 1. The number of carbonyl (C=O) groups is 1. The SMILES string of the molecule is COc1cccc(/C=C2\C=C(c3ccc4cc(C)ccc4c3)OC2=O)c1OC. The highest BCUT2D eigenvalue weighted by molar-refractivity contribution is 6.05. The van der Waals surface area contributed by atoms with Crippen molar-refractivity contribution in [2.45, 2.75) is 6.92 Å². The summed E-state index contributed by atoms with van der Waals surface area (Å²) in [6.07, 6.45) is 3.51. The molecule has 1 aliphatic heterocycles. The van der Waals surface area contributed by atoms with Crippen molar-refractivity contribution in [2.75, 3.05) is 14.2 Å². The van der Waals surface area contributed by atoms with Gasteiger partial charge in [-0.1, -0.05) is 48.0 Å². The second kappa shape index (κ2) is 7.24. The Morgan fingerprint density at radius 2 is 1.71 bits per heavy atom. The maximum absolute atomic E-state index is 12.4. The summed E-state index contributed by atoms with van der Waals surface area (Å²) >= 11 is 0. The molecule has 4 nitrogen and oxygen atoms in total. The first kappa shape index (κ1) is 17.9. The standard InChI is InChI=1S/C24H20O4/c1-15-7-8-17-12-18(10-9-16(17)11-15)22-14-20(24(25)28-22)13-19-5-4-6-21(26-2)23(19)27-3/h4-14H,1-3H3/b20-13+. The van der Waals surface area contributed by atoms with E-state index >= 15 is 0 Å². The number of methoxy groups -OCH3 is 2. The molecular weight excluding hydrogens is 352 g/mol. The molecule has 0 radical (unpaired) electrons. The molecule has 0 aromatic heterocycles. The molecule has 0 fully saturated rings. The predicted octanol–water partition coefficient (Wildman–Crippen LogP) is 5.15. The summed E-state index contributed by atoms with van der Waals surface area (Å²) < 4.78 is 16.3. The van der Waals surface area contributed by atoms with Gasteiger partial charge in [0.15, 0.2) is 11.5 Å². The van der Waals surface area contributed by atoms with Gasteiger partial charge in [-0.3, -0.25) is 0 Å². The van der Waals surface area contributed by atoms with E-state index in [0.29, 0.717) is 22.8 Å². The zero-order valence-electron chi connectivity index (χ0n) is 16.0. The summed E-state index contributed by atoms with van der Waals surface area (Å²) in [5, 5.41) is 2.26. The molecule has 28 heavy (non-hydrogen) atoms. The first-order valence-corrected chi connectivity index (χ1v) is 8.96. The molecular formula is C24H20O4. The second-order valence-electron chi connectivity index (χ2n) is 6.65. The molecule has 0 aliphatic carbocycles. The lowest BCUT2D eigenvalue weighted by atomic mass is 10.0. The molecule has 3 aromatic rings. The van der Waals surface area contributed by atoms with Crippen LogP contribution in [0.5, 0.6) is 11.5 Å². The smallest absolute Gasteiger partial charge is 0.343 e. The Bertz CT molecular complexity index is 1140. The van der Waals surface area contributed by atoms with E-state index in [2.05, 4.69) is 25.1 Å². The summed E-state index contributed by atoms with van der Waals surface area (Å²) in [5.41, 5.74) is 3.29. The van der Waals surface area contributed by atoms with Crippen LogP contribution in [0, 0.1) is 6.92 Å². The average molecular weight is 372 g/mol. The molecule has 140 valence electrons. The third-order valence-corrected chi connectivity index (χ3v) is 4.75. The topological polar surface area (TPSA) is 44.8 Å². The number of carbonyl (C=O) groups excluding carboxylic acids is 1. The van der Waals surface area contributed by atoms with Crippen LogP contribution in [0.25, 0.3) is 22.6 Å². The number of hydrogen-bond donors (Lipinski definition) is 0.